The molecule has 0 saturated carbocycles. The molecule has 0 aliphatic carbocycles. The number of hydrogen-bond donors (Lipinski definition) is 0. The lowest BCUT2D eigenvalue weighted by Gasteiger charge is -2.09. The summed E-state index contributed by atoms with van der Waals surface area (Å²) < 4.78 is 46.9. The minimum Gasteiger partial charge on any atom is -0.491 e. The minimum atomic E-state index is -0.885. The predicted octanol–water partition coefficient (Wildman–Crippen LogP) is 6.02. The number of benzene rings is 3. The summed E-state index contributed by atoms with van der Waals surface area (Å²) in [6.07, 6.45) is 5.59. The third-order valence-corrected chi connectivity index (χ3v) is 5.40. The van der Waals surface area contributed by atoms with Crippen molar-refractivity contribution in [3.8, 4) is 5.75 Å². The lowest BCUT2D eigenvalue weighted by molar-refractivity contribution is 0.337. The van der Waals surface area contributed by atoms with Gasteiger partial charge in [0.2, 0.25) is 0 Å². The van der Waals surface area contributed by atoms with Gasteiger partial charge in [0.05, 0.1) is 19.0 Å². The van der Waals surface area contributed by atoms with Crippen molar-refractivity contribution in [1.82, 2.24) is 9.97 Å². The van der Waals surface area contributed by atoms with E-state index in [0.717, 1.165) is 35.3 Å². The van der Waals surface area contributed by atoms with Crippen LogP contribution in [0.1, 0.15) is 29.4 Å². The first-order valence-electron chi connectivity index (χ1n) is 10.6. The molecule has 6 heteroatoms. The Balaban J connectivity index is 1.43. The zero-order valence-corrected chi connectivity index (χ0v) is 17.7. The van der Waals surface area contributed by atoms with E-state index in [1.807, 2.05) is 25.1 Å². The molecule has 0 N–H and O–H groups in total. The number of rotatable bonds is 8. The van der Waals surface area contributed by atoms with E-state index in [1.54, 1.807) is 24.5 Å². The number of ether oxygens (including phenoxy) is 1. The Labute approximate surface area is 184 Å². The van der Waals surface area contributed by atoms with Crippen LogP contribution in [-0.4, -0.2) is 16.6 Å². The first-order valence-corrected chi connectivity index (χ1v) is 10.6. The summed E-state index contributed by atoms with van der Waals surface area (Å²) in [5, 5.41) is 1.37. The zero-order chi connectivity index (χ0) is 22.5. The zero-order valence-electron chi connectivity index (χ0n) is 17.7. The highest BCUT2D eigenvalue weighted by Crippen LogP contribution is 2.24. The molecule has 0 radical (unpaired) electrons. The average Bonchev–Trinajstić information content (AvgIpc) is 2.80. The second-order valence-electron chi connectivity index (χ2n) is 7.61. The van der Waals surface area contributed by atoms with E-state index in [0.29, 0.717) is 48.1 Å². The molecular weight excluding hydrogens is 413 g/mol. The molecule has 0 bridgehead atoms. The van der Waals surface area contributed by atoms with E-state index in [2.05, 4.69) is 9.97 Å². The third kappa shape index (κ3) is 5.07. The van der Waals surface area contributed by atoms with Gasteiger partial charge >= 0.3 is 0 Å². The molecule has 32 heavy (non-hydrogen) atoms. The Kier molecular flexibility index (Phi) is 6.69. The number of nitrogens with zero attached hydrogens (tertiary/aromatic N) is 2. The van der Waals surface area contributed by atoms with E-state index in [-0.39, 0.29) is 5.82 Å². The Morgan fingerprint density at radius 1 is 0.750 bits per heavy atom. The molecule has 0 saturated heterocycles. The van der Waals surface area contributed by atoms with Crippen LogP contribution >= 0.6 is 0 Å². The molecule has 0 unspecified atom stereocenters. The highest BCUT2D eigenvalue weighted by atomic mass is 19.2. The van der Waals surface area contributed by atoms with Gasteiger partial charge in [0.15, 0.2) is 17.4 Å². The highest BCUT2D eigenvalue weighted by molar-refractivity contribution is 5.84. The summed E-state index contributed by atoms with van der Waals surface area (Å²) in [6.45, 7) is 2.48. The van der Waals surface area contributed by atoms with Gasteiger partial charge in [-0.25, -0.2) is 23.1 Å². The number of hydrogen-bond acceptors (Lipinski definition) is 3. The maximum absolute atomic E-state index is 15.0. The summed E-state index contributed by atoms with van der Waals surface area (Å²) in [5.74, 6) is -0.656. The van der Waals surface area contributed by atoms with Gasteiger partial charge in [-0.05, 0) is 60.4 Å². The smallest absolute Gasteiger partial charge is 0.159 e. The van der Waals surface area contributed by atoms with Crippen molar-refractivity contribution in [3.63, 3.8) is 0 Å². The topological polar surface area (TPSA) is 35.0 Å². The molecule has 3 aromatic carbocycles. The van der Waals surface area contributed by atoms with E-state index in [9.17, 15) is 8.78 Å². The van der Waals surface area contributed by atoms with Crippen LogP contribution in [0.15, 0.2) is 60.9 Å². The number of aryl methyl sites for hydroxylation is 4. The SMILES string of the molecule is CCOc1cnc(CCc2ccc3c(F)c(CCc4ccc(F)c(F)c4)ccc3c2)nc1. The van der Waals surface area contributed by atoms with Crippen molar-refractivity contribution in [2.75, 3.05) is 6.61 Å². The van der Waals surface area contributed by atoms with Crippen LogP contribution in [0.2, 0.25) is 0 Å². The lowest BCUT2D eigenvalue weighted by atomic mass is 9.98. The lowest BCUT2D eigenvalue weighted by Crippen LogP contribution is -2.00. The first kappa shape index (κ1) is 21.8. The van der Waals surface area contributed by atoms with Crippen molar-refractivity contribution in [3.05, 3.63) is 101 Å². The molecule has 0 amide bonds. The Morgan fingerprint density at radius 3 is 2.22 bits per heavy atom. The molecule has 3 nitrogen and oxygen atoms in total. The molecule has 0 aliphatic heterocycles. The van der Waals surface area contributed by atoms with Gasteiger partial charge in [0, 0.05) is 11.8 Å². The molecule has 4 rings (SSSR count). The maximum Gasteiger partial charge on any atom is 0.159 e. The van der Waals surface area contributed by atoms with Gasteiger partial charge < -0.3 is 4.74 Å². The average molecular weight is 436 g/mol. The number of aromatic nitrogens is 2. The van der Waals surface area contributed by atoms with E-state index in [1.165, 1.54) is 6.07 Å². The molecule has 1 heterocycles. The fourth-order valence-corrected chi connectivity index (χ4v) is 3.68. The molecule has 0 atom stereocenters. The van der Waals surface area contributed by atoms with Gasteiger partial charge in [-0.1, -0.05) is 36.4 Å². The van der Waals surface area contributed by atoms with Crippen LogP contribution in [0.25, 0.3) is 10.8 Å². The van der Waals surface area contributed by atoms with Crippen molar-refractivity contribution in [2.45, 2.75) is 32.6 Å². The fraction of sp³-hybridized carbons (Fsp3) is 0.231. The molecule has 0 fully saturated rings. The normalized spacial score (nSPS) is 11.1. The van der Waals surface area contributed by atoms with Gasteiger partial charge in [-0.2, -0.15) is 0 Å². The van der Waals surface area contributed by atoms with Crippen LogP contribution < -0.4 is 4.74 Å². The molecular formula is C26H23F3N2O. The van der Waals surface area contributed by atoms with Gasteiger partial charge in [-0.15, -0.1) is 0 Å². The van der Waals surface area contributed by atoms with Crippen molar-refractivity contribution in [2.24, 2.45) is 0 Å². The van der Waals surface area contributed by atoms with Crippen LogP contribution in [0.5, 0.6) is 5.75 Å². The van der Waals surface area contributed by atoms with Crippen LogP contribution in [0.3, 0.4) is 0 Å². The quantitative estimate of drug-likeness (QED) is 0.339. The van der Waals surface area contributed by atoms with Crippen LogP contribution in [0, 0.1) is 17.5 Å². The standard InChI is InChI=1S/C26H23F3N2O/c1-2-32-21-15-30-25(31-16-21)12-6-17-4-10-22-20(13-17)9-8-19(26(22)29)7-3-18-5-11-23(27)24(28)14-18/h4-5,8-11,13-16H,2-3,6-7,12H2,1H3. The maximum atomic E-state index is 15.0. The van der Waals surface area contributed by atoms with Gasteiger partial charge in [0.1, 0.15) is 11.6 Å². The molecule has 4 aromatic rings. The van der Waals surface area contributed by atoms with Crippen LogP contribution in [0.4, 0.5) is 13.2 Å². The molecule has 0 spiro atoms. The van der Waals surface area contributed by atoms with Gasteiger partial charge in [0.25, 0.3) is 0 Å². The predicted molar refractivity (Wildman–Crippen MR) is 118 cm³/mol. The highest BCUT2D eigenvalue weighted by Gasteiger charge is 2.10. The first-order chi connectivity index (χ1) is 15.5. The summed E-state index contributed by atoms with van der Waals surface area (Å²) in [7, 11) is 0. The fourth-order valence-electron chi connectivity index (χ4n) is 3.68. The number of fused-ring (bicyclic) bond motifs is 1. The molecule has 164 valence electrons. The van der Waals surface area contributed by atoms with Crippen LogP contribution in [-0.2, 0) is 25.7 Å². The van der Waals surface area contributed by atoms with Crippen molar-refractivity contribution < 1.29 is 17.9 Å². The Hall–Kier alpha value is -3.41. The Morgan fingerprint density at radius 2 is 1.47 bits per heavy atom. The minimum absolute atomic E-state index is 0.272. The second-order valence-corrected chi connectivity index (χ2v) is 7.61. The van der Waals surface area contributed by atoms with Gasteiger partial charge in [-0.3, -0.25) is 0 Å². The third-order valence-electron chi connectivity index (χ3n) is 5.40. The van der Waals surface area contributed by atoms with E-state index >= 15 is 4.39 Å². The van der Waals surface area contributed by atoms with E-state index < -0.39 is 11.6 Å². The second kappa shape index (κ2) is 9.81. The summed E-state index contributed by atoms with van der Waals surface area (Å²) in [4.78, 5) is 8.63. The number of halogens is 3. The monoisotopic (exact) mass is 436 g/mol. The largest absolute Gasteiger partial charge is 0.491 e. The summed E-state index contributed by atoms with van der Waals surface area (Å²) >= 11 is 0. The Bertz CT molecular complexity index is 1230. The molecule has 0 aliphatic rings. The summed E-state index contributed by atoms with van der Waals surface area (Å²) in [6, 6.07) is 13.1. The van der Waals surface area contributed by atoms with E-state index in [4.69, 9.17) is 4.74 Å². The summed E-state index contributed by atoms with van der Waals surface area (Å²) in [5.41, 5.74) is 2.26. The van der Waals surface area contributed by atoms with Crippen molar-refractivity contribution in [1.29, 1.82) is 0 Å². The molecule has 1 aromatic heterocycles. The van der Waals surface area contributed by atoms with Crippen molar-refractivity contribution >= 4 is 10.8 Å².